The Bertz CT molecular complexity index is 607. The molecule has 5 fully saturated rings. The first kappa shape index (κ1) is 16.5. The summed E-state index contributed by atoms with van der Waals surface area (Å²) < 4.78 is 12.6. The van der Waals surface area contributed by atoms with Crippen LogP contribution in [-0.4, -0.2) is 34.9 Å². The lowest BCUT2D eigenvalue weighted by molar-refractivity contribution is -0.356. The zero-order chi connectivity index (χ0) is 17.6. The van der Waals surface area contributed by atoms with Crippen molar-refractivity contribution in [2.45, 2.75) is 83.1 Å². The van der Waals surface area contributed by atoms with Gasteiger partial charge in [0.2, 0.25) is 12.1 Å². The molecule has 25 heavy (non-hydrogen) atoms. The minimum Gasteiger partial charge on any atom is -0.481 e. The number of hydrogen-bond donors (Lipinski definition) is 1. The molecule has 2 bridgehead atoms. The van der Waals surface area contributed by atoms with Crippen LogP contribution in [0.15, 0.2) is 0 Å². The van der Waals surface area contributed by atoms with Gasteiger partial charge in [-0.1, -0.05) is 27.2 Å². The summed E-state index contributed by atoms with van der Waals surface area (Å²) in [6.07, 6.45) is 4.86. The fraction of sp³-hybridized carbons (Fsp3) is 0.947. The van der Waals surface area contributed by atoms with Gasteiger partial charge < -0.3 is 14.6 Å². The minimum atomic E-state index is -0.694. The van der Waals surface area contributed by atoms with Crippen molar-refractivity contribution in [2.24, 2.45) is 29.1 Å². The van der Waals surface area contributed by atoms with Gasteiger partial charge in [0, 0.05) is 18.3 Å². The van der Waals surface area contributed by atoms with Gasteiger partial charge in [0.15, 0.2) is 5.60 Å². The smallest absolute Gasteiger partial charge is 0.306 e. The van der Waals surface area contributed by atoms with E-state index >= 15 is 0 Å². The quantitative estimate of drug-likeness (QED) is 0.608. The second kappa shape index (κ2) is 4.97. The monoisotopic (exact) mass is 352 g/mol. The third-order valence-corrected chi connectivity index (χ3v) is 8.09. The molecule has 6 nitrogen and oxygen atoms in total. The molecule has 2 aliphatic carbocycles. The number of carboxylic acid groups (broad SMARTS) is 1. The molecular weight excluding hydrogens is 324 g/mol. The molecule has 6 heteroatoms. The van der Waals surface area contributed by atoms with Crippen LogP contribution in [0.5, 0.6) is 0 Å². The summed E-state index contributed by atoms with van der Waals surface area (Å²) in [7, 11) is 0. The number of aliphatic carboxylic acids is 1. The summed E-state index contributed by atoms with van der Waals surface area (Å²) in [5, 5.41) is 9.75. The van der Waals surface area contributed by atoms with Crippen LogP contribution in [0.25, 0.3) is 0 Å². The van der Waals surface area contributed by atoms with E-state index in [0.29, 0.717) is 0 Å². The highest BCUT2D eigenvalue weighted by atomic mass is 17.3. The topological polar surface area (TPSA) is 77.5 Å². The maximum absolute atomic E-state index is 11.9. The summed E-state index contributed by atoms with van der Waals surface area (Å²) in [5.74, 6) is -0.961. The summed E-state index contributed by atoms with van der Waals surface area (Å²) in [6, 6.07) is 0. The van der Waals surface area contributed by atoms with E-state index in [1.807, 2.05) is 0 Å². The first-order valence-corrected chi connectivity index (χ1v) is 9.76. The first-order valence-electron chi connectivity index (χ1n) is 9.76. The normalized spacial score (nSPS) is 56.6. The van der Waals surface area contributed by atoms with Gasteiger partial charge in [-0.05, 0) is 37.0 Å². The molecule has 3 heterocycles. The average molecular weight is 352 g/mol. The number of hydrogen-bond acceptors (Lipinski definition) is 5. The molecule has 5 rings (SSSR count). The molecule has 3 saturated heterocycles. The molecular formula is C19H28O6. The van der Waals surface area contributed by atoms with E-state index in [-0.39, 0.29) is 35.2 Å². The Hall–Kier alpha value is -0.690. The Morgan fingerprint density at radius 3 is 2.72 bits per heavy atom. The van der Waals surface area contributed by atoms with Crippen molar-refractivity contribution in [3.63, 3.8) is 0 Å². The van der Waals surface area contributed by atoms with E-state index in [9.17, 15) is 9.90 Å². The summed E-state index contributed by atoms with van der Waals surface area (Å²) in [5.41, 5.74) is -0.484. The van der Waals surface area contributed by atoms with Gasteiger partial charge in [-0.25, -0.2) is 0 Å². The second-order valence-electron chi connectivity index (χ2n) is 9.33. The van der Waals surface area contributed by atoms with Gasteiger partial charge in [0.25, 0.3) is 0 Å². The molecule has 1 N–H and O–H groups in total. The molecule has 8 atom stereocenters. The molecule has 3 aliphatic heterocycles. The molecule has 0 aromatic carbocycles. The van der Waals surface area contributed by atoms with Crippen LogP contribution >= 0.6 is 0 Å². The summed E-state index contributed by atoms with van der Waals surface area (Å²) in [6.45, 7) is 6.48. The van der Waals surface area contributed by atoms with Crippen molar-refractivity contribution in [2.75, 3.05) is 0 Å². The number of ether oxygens (including phenoxy) is 2. The van der Waals surface area contributed by atoms with E-state index in [2.05, 4.69) is 20.8 Å². The fourth-order valence-electron chi connectivity index (χ4n) is 6.61. The van der Waals surface area contributed by atoms with Crippen LogP contribution in [0.4, 0.5) is 0 Å². The maximum Gasteiger partial charge on any atom is 0.306 e. The molecule has 2 unspecified atom stereocenters. The lowest BCUT2D eigenvalue weighted by Gasteiger charge is -2.54. The van der Waals surface area contributed by atoms with Crippen LogP contribution in [0.1, 0.15) is 59.3 Å². The van der Waals surface area contributed by atoms with E-state index < -0.39 is 23.6 Å². The molecule has 1 spiro atoms. The molecule has 0 radical (unpaired) electrons. The van der Waals surface area contributed by atoms with E-state index in [0.717, 1.165) is 38.5 Å². The Balaban J connectivity index is 1.54. The Kier molecular flexibility index (Phi) is 3.28. The molecule has 140 valence electrons. The van der Waals surface area contributed by atoms with Crippen molar-refractivity contribution in [3.8, 4) is 0 Å². The van der Waals surface area contributed by atoms with Gasteiger partial charge in [-0.15, -0.1) is 0 Å². The molecule has 5 aliphatic rings. The fourth-order valence-corrected chi connectivity index (χ4v) is 6.61. The predicted octanol–water partition coefficient (Wildman–Crippen LogP) is 3.10. The van der Waals surface area contributed by atoms with Gasteiger partial charge in [-0.3, -0.25) is 4.79 Å². The SMILES string of the molecule is CC(C)[C@@]12CCC3[C@@]4(C)CCC[C@@H](C(=O)O)C4C[C@@H]4O[C@@]34[C@@H](OO1)O2. The van der Waals surface area contributed by atoms with E-state index in [1.165, 1.54) is 0 Å². The number of fused-ring (bicyclic) bond motifs is 4. The van der Waals surface area contributed by atoms with Crippen LogP contribution in [0, 0.1) is 29.1 Å². The van der Waals surface area contributed by atoms with Crippen LogP contribution < -0.4 is 0 Å². The van der Waals surface area contributed by atoms with Gasteiger partial charge in [0.1, 0.15) is 0 Å². The highest BCUT2D eigenvalue weighted by Gasteiger charge is 2.79. The second-order valence-corrected chi connectivity index (χ2v) is 9.33. The third-order valence-electron chi connectivity index (χ3n) is 8.09. The Morgan fingerprint density at radius 2 is 2.00 bits per heavy atom. The molecule has 0 amide bonds. The Labute approximate surface area is 148 Å². The summed E-state index contributed by atoms with van der Waals surface area (Å²) in [4.78, 5) is 23.2. The molecule has 2 saturated carbocycles. The van der Waals surface area contributed by atoms with Crippen LogP contribution in [0.3, 0.4) is 0 Å². The van der Waals surface area contributed by atoms with Crippen molar-refractivity contribution in [1.29, 1.82) is 0 Å². The Morgan fingerprint density at radius 1 is 1.20 bits per heavy atom. The van der Waals surface area contributed by atoms with Crippen molar-refractivity contribution in [3.05, 3.63) is 0 Å². The van der Waals surface area contributed by atoms with Crippen LogP contribution in [-0.2, 0) is 24.0 Å². The highest BCUT2D eigenvalue weighted by Crippen LogP contribution is 2.70. The summed E-state index contributed by atoms with van der Waals surface area (Å²) >= 11 is 0. The zero-order valence-electron chi connectivity index (χ0n) is 15.2. The molecule has 0 aromatic rings. The van der Waals surface area contributed by atoms with Crippen molar-refractivity contribution in [1.82, 2.24) is 0 Å². The third kappa shape index (κ3) is 1.92. The average Bonchev–Trinajstić information content (AvgIpc) is 3.14. The first-order chi connectivity index (χ1) is 11.8. The van der Waals surface area contributed by atoms with Crippen LogP contribution in [0.2, 0.25) is 0 Å². The van der Waals surface area contributed by atoms with E-state index in [4.69, 9.17) is 19.2 Å². The lowest BCUT2D eigenvalue weighted by Crippen LogP contribution is -2.57. The van der Waals surface area contributed by atoms with Crippen molar-refractivity contribution >= 4 is 5.97 Å². The predicted molar refractivity (Wildman–Crippen MR) is 86.1 cm³/mol. The van der Waals surface area contributed by atoms with Gasteiger partial charge >= 0.3 is 5.97 Å². The minimum absolute atomic E-state index is 0.0326. The number of rotatable bonds is 2. The van der Waals surface area contributed by atoms with Crippen molar-refractivity contribution < 1.29 is 29.1 Å². The largest absolute Gasteiger partial charge is 0.481 e. The standard InChI is InChI=1S/C19H28O6/c1-10(2)18-8-6-13-17(3)7-4-5-11(15(20)21)12(17)9-14-19(13,22-14)16(23-18)24-25-18/h10-14,16H,4-9H2,1-3H3,(H,20,21)/t11-,12?,13?,14+,16-,17+,18-,19+/m1/s1. The number of carbonyl (C=O) groups is 1. The molecule has 0 aromatic heterocycles. The van der Waals surface area contributed by atoms with E-state index in [1.54, 1.807) is 0 Å². The van der Waals surface area contributed by atoms with Gasteiger partial charge in [-0.2, -0.15) is 9.78 Å². The van der Waals surface area contributed by atoms with Gasteiger partial charge in [0.05, 0.1) is 12.0 Å². The number of carboxylic acids is 1. The maximum atomic E-state index is 11.9. The lowest BCUT2D eigenvalue weighted by atomic mass is 9.49. The zero-order valence-corrected chi connectivity index (χ0v) is 15.2. The highest BCUT2D eigenvalue weighted by molar-refractivity contribution is 5.70. The number of epoxide rings is 1.